The van der Waals surface area contributed by atoms with E-state index in [1.54, 1.807) is 58.0 Å². The molecule has 2 aliphatic rings. The highest BCUT2D eigenvalue weighted by Gasteiger charge is 2.44. The molecule has 73 heavy (non-hydrogen) atoms. The Morgan fingerprint density at radius 3 is 2.05 bits per heavy atom. The zero-order chi connectivity index (χ0) is 53.7. The maximum atomic E-state index is 14.7. The third kappa shape index (κ3) is 14.4. The van der Waals surface area contributed by atoms with E-state index in [9.17, 15) is 48.3 Å². The molecule has 3 heterocycles. The average Bonchev–Trinajstić information content (AvgIpc) is 4.08. The molecule has 2 saturated heterocycles. The Morgan fingerprint density at radius 1 is 0.822 bits per heavy atom. The van der Waals surface area contributed by atoms with Gasteiger partial charge in [0.25, 0.3) is 0 Å². The Kier molecular flexibility index (Phi) is 20.0. The predicted octanol–water partition coefficient (Wildman–Crippen LogP) is 3.51. The van der Waals surface area contributed by atoms with E-state index in [2.05, 4.69) is 20.9 Å². The molecule has 3 aromatic rings. The van der Waals surface area contributed by atoms with Gasteiger partial charge in [-0.1, -0.05) is 120 Å². The molecule has 0 bridgehead atoms. The fraction of sp³-hybridized carbons (Fsp3) is 0.509. The van der Waals surface area contributed by atoms with Gasteiger partial charge in [0.2, 0.25) is 47.2 Å². The average molecular weight is 1010 g/mol. The first kappa shape index (κ1) is 56.5. The molecule has 20 heteroatoms. The summed E-state index contributed by atoms with van der Waals surface area (Å²) < 4.78 is 12.0. The van der Waals surface area contributed by atoms with E-state index in [1.807, 2.05) is 49.4 Å². The standard InChI is InChI=1S/C53H70N8O12/c1-9-30(3)43-48(66)55-36(27-41(54)62)50(67)61-25-17-22-40(61)47(65)57-38(26-35-20-15-12-16-21-35)53(71)73-45(39-29-72-49(58-39)32(5)23-24-34-18-13-11-14-19-34)33(6)46(64)56-37(52(69)70)28-42(63)59(7)44(31(4)10-2)51(68)60(43)8/h11-16,18-21,23-24,29-33,36-38,40,43-45H,9-10,17,22,25-28H2,1-8H3,(H2,54,62)(H,55,66)(H,56,64)(H,57,65)(H,69,70)/b24-23+. The number of rotatable bonds is 13. The summed E-state index contributed by atoms with van der Waals surface area (Å²) in [7, 11) is 2.71. The van der Waals surface area contributed by atoms with Crippen LogP contribution in [0.1, 0.15) is 115 Å². The van der Waals surface area contributed by atoms with Gasteiger partial charge in [0.1, 0.15) is 48.2 Å². The van der Waals surface area contributed by atoms with Crippen LogP contribution in [0.2, 0.25) is 0 Å². The SMILES string of the molecule is CCC(C)C1C(=O)N(C)C(C(C)CC)C(=O)NC(CC(N)=O)C(=O)N2CCCC2C(=O)NC(Cc2ccccc2)C(=O)OC(c2coc(C(C)/C=C/c3ccccc3)n2)C(C)C(=O)NC(C(=O)O)CC(=O)N1C. The van der Waals surface area contributed by atoms with Gasteiger partial charge in [-0.05, 0) is 42.7 Å². The molecule has 0 radical (unpaired) electrons. The van der Waals surface area contributed by atoms with Crippen molar-refractivity contribution in [1.82, 2.24) is 35.6 Å². The van der Waals surface area contributed by atoms with Crippen molar-refractivity contribution in [1.29, 1.82) is 0 Å². The number of esters is 1. The first-order valence-electron chi connectivity index (χ1n) is 24.8. The van der Waals surface area contributed by atoms with Crippen molar-refractivity contribution < 1.29 is 57.4 Å². The quantitative estimate of drug-likeness (QED) is 0.154. The first-order chi connectivity index (χ1) is 34.7. The van der Waals surface area contributed by atoms with Crippen molar-refractivity contribution in [3.8, 4) is 0 Å². The van der Waals surface area contributed by atoms with Gasteiger partial charge in [0, 0.05) is 27.1 Å². The molecule has 2 aromatic carbocycles. The number of carbonyl (C=O) groups excluding carboxylic acids is 8. The number of carboxylic acids is 1. The third-order valence-electron chi connectivity index (χ3n) is 13.9. The lowest BCUT2D eigenvalue weighted by atomic mass is 9.92. The number of carboxylic acid groups (broad SMARTS) is 1. The van der Waals surface area contributed by atoms with Gasteiger partial charge in [-0.25, -0.2) is 14.6 Å². The summed E-state index contributed by atoms with van der Waals surface area (Å²) in [4.78, 5) is 135. The highest BCUT2D eigenvalue weighted by atomic mass is 16.5. The molecule has 394 valence electrons. The molecule has 11 unspecified atom stereocenters. The smallest absolute Gasteiger partial charge is 0.329 e. The molecule has 5 rings (SSSR count). The molecule has 0 aliphatic carbocycles. The zero-order valence-corrected chi connectivity index (χ0v) is 42.8. The van der Waals surface area contributed by atoms with E-state index in [0.717, 1.165) is 10.5 Å². The van der Waals surface area contributed by atoms with Crippen LogP contribution in [-0.4, -0.2) is 135 Å². The molecular weight excluding hydrogens is 941 g/mol. The number of aliphatic carboxylic acids is 1. The summed E-state index contributed by atoms with van der Waals surface area (Å²) in [6.45, 7) is 10.3. The van der Waals surface area contributed by atoms with E-state index in [4.69, 9.17) is 14.9 Å². The van der Waals surface area contributed by atoms with Crippen LogP contribution in [0.5, 0.6) is 0 Å². The number of nitrogens with zero attached hydrogens (tertiary/aromatic N) is 4. The van der Waals surface area contributed by atoms with Crippen LogP contribution in [0.25, 0.3) is 6.08 Å². The summed E-state index contributed by atoms with van der Waals surface area (Å²) in [6.07, 6.45) is 2.99. The first-order valence-corrected chi connectivity index (χ1v) is 24.8. The van der Waals surface area contributed by atoms with Crippen molar-refractivity contribution >= 4 is 59.4 Å². The molecule has 7 amide bonds. The van der Waals surface area contributed by atoms with Gasteiger partial charge in [-0.2, -0.15) is 0 Å². The summed E-state index contributed by atoms with van der Waals surface area (Å²) in [5.41, 5.74) is 7.14. The van der Waals surface area contributed by atoms with Crippen molar-refractivity contribution in [3.63, 3.8) is 0 Å². The molecule has 11 atom stereocenters. The van der Waals surface area contributed by atoms with Crippen LogP contribution >= 0.6 is 0 Å². The highest BCUT2D eigenvalue weighted by Crippen LogP contribution is 2.31. The Labute approximate surface area is 425 Å². The largest absolute Gasteiger partial charge is 0.480 e. The molecule has 2 aliphatic heterocycles. The molecular formula is C53H70N8O12. The second-order valence-electron chi connectivity index (χ2n) is 19.2. The van der Waals surface area contributed by atoms with E-state index in [0.29, 0.717) is 24.8 Å². The molecule has 0 saturated carbocycles. The number of hydrogen-bond acceptors (Lipinski definition) is 12. The van der Waals surface area contributed by atoms with Crippen molar-refractivity contribution in [3.05, 3.63) is 95.7 Å². The van der Waals surface area contributed by atoms with Crippen molar-refractivity contribution in [2.24, 2.45) is 23.5 Å². The number of cyclic esters (lactones) is 1. The van der Waals surface area contributed by atoms with Crippen molar-refractivity contribution in [2.45, 2.75) is 135 Å². The Hall–Kier alpha value is -7.38. The number of amides is 7. The van der Waals surface area contributed by atoms with Crippen LogP contribution in [0.3, 0.4) is 0 Å². The van der Waals surface area contributed by atoms with E-state index < -0.39 is 132 Å². The zero-order valence-electron chi connectivity index (χ0n) is 42.8. The number of hydrogen-bond donors (Lipinski definition) is 5. The normalized spacial score (nSPS) is 25.8. The Morgan fingerprint density at radius 2 is 1.44 bits per heavy atom. The number of fused-ring (bicyclic) bond motifs is 1. The maximum absolute atomic E-state index is 14.7. The van der Waals surface area contributed by atoms with Gasteiger partial charge in [-0.15, -0.1) is 0 Å². The molecule has 0 spiro atoms. The van der Waals surface area contributed by atoms with E-state index in [-0.39, 0.29) is 31.0 Å². The molecule has 2 fully saturated rings. The second kappa shape index (κ2) is 25.8. The van der Waals surface area contributed by atoms with Crippen LogP contribution in [0.15, 0.2) is 77.4 Å². The number of nitrogens with two attached hydrogens (primary N) is 1. The lowest BCUT2D eigenvalue weighted by Gasteiger charge is -2.39. The minimum absolute atomic E-state index is 0.0196. The number of oxazole rings is 1. The van der Waals surface area contributed by atoms with Crippen LogP contribution in [-0.2, 0) is 54.3 Å². The highest BCUT2D eigenvalue weighted by molar-refractivity contribution is 5.98. The van der Waals surface area contributed by atoms with Gasteiger partial charge in [0.15, 0.2) is 6.10 Å². The van der Waals surface area contributed by atoms with Crippen LogP contribution in [0.4, 0.5) is 0 Å². The monoisotopic (exact) mass is 1010 g/mol. The molecule has 20 nitrogen and oxygen atoms in total. The van der Waals surface area contributed by atoms with E-state index >= 15 is 0 Å². The number of allylic oxidation sites excluding steroid dienone is 1. The summed E-state index contributed by atoms with van der Waals surface area (Å²) >= 11 is 0. The Balaban J connectivity index is 1.63. The number of nitrogens with one attached hydrogen (secondary N) is 3. The molecule has 1 aromatic heterocycles. The summed E-state index contributed by atoms with van der Waals surface area (Å²) in [5, 5.41) is 18.3. The predicted molar refractivity (Wildman–Crippen MR) is 267 cm³/mol. The number of ether oxygens (including phenoxy) is 1. The minimum Gasteiger partial charge on any atom is -0.480 e. The second-order valence-corrected chi connectivity index (χ2v) is 19.2. The van der Waals surface area contributed by atoms with E-state index in [1.165, 1.54) is 37.1 Å². The topological polar surface area (TPSA) is 281 Å². The minimum atomic E-state index is -1.85. The van der Waals surface area contributed by atoms with Crippen LogP contribution in [0, 0.1) is 17.8 Å². The number of benzene rings is 2. The number of likely N-dealkylation sites (N-methyl/N-ethyl adjacent to an activating group) is 2. The third-order valence-corrected chi connectivity index (χ3v) is 13.9. The van der Waals surface area contributed by atoms with Crippen molar-refractivity contribution in [2.75, 3.05) is 20.6 Å². The fourth-order valence-corrected chi connectivity index (χ4v) is 9.15. The number of primary amides is 1. The number of carbonyl (C=O) groups is 9. The fourth-order valence-electron chi connectivity index (χ4n) is 9.15. The van der Waals surface area contributed by atoms with Gasteiger partial charge in [0.05, 0.1) is 24.7 Å². The number of aromatic nitrogens is 1. The maximum Gasteiger partial charge on any atom is 0.329 e. The summed E-state index contributed by atoms with van der Waals surface area (Å²) in [5.74, 6) is -11.1. The summed E-state index contributed by atoms with van der Waals surface area (Å²) in [6, 6.07) is 9.60. The van der Waals surface area contributed by atoms with Gasteiger partial charge >= 0.3 is 11.9 Å². The lowest BCUT2D eigenvalue weighted by molar-refractivity contribution is -0.159. The van der Waals surface area contributed by atoms with Gasteiger partial charge in [-0.3, -0.25) is 33.6 Å². The Bertz CT molecular complexity index is 2480. The lowest BCUT2D eigenvalue weighted by Crippen LogP contribution is -2.61. The molecule has 6 N–H and O–H groups in total. The van der Waals surface area contributed by atoms with Gasteiger partial charge < -0.3 is 50.6 Å². The van der Waals surface area contributed by atoms with Crippen LogP contribution < -0.4 is 21.7 Å².